The lowest BCUT2D eigenvalue weighted by atomic mass is 9.83. The number of piperidine rings is 1. The predicted molar refractivity (Wildman–Crippen MR) is 108 cm³/mol. The summed E-state index contributed by atoms with van der Waals surface area (Å²) >= 11 is 0. The van der Waals surface area contributed by atoms with Crippen LogP contribution in [0.3, 0.4) is 0 Å². The first-order valence-corrected chi connectivity index (χ1v) is 11.2. The van der Waals surface area contributed by atoms with Crippen molar-refractivity contribution in [2.24, 2.45) is 5.92 Å². The van der Waals surface area contributed by atoms with Gasteiger partial charge in [-0.3, -0.25) is 14.4 Å². The molecule has 1 aliphatic heterocycles. The summed E-state index contributed by atoms with van der Waals surface area (Å²) in [5, 5.41) is 2.76. The number of hydrogen-bond donors (Lipinski definition) is 1. The molecule has 0 unspecified atom stereocenters. The fraction of sp³-hybridized carbons (Fsp3) is 0.286. The van der Waals surface area contributed by atoms with Gasteiger partial charge >= 0.3 is 0 Å². The fourth-order valence-corrected chi connectivity index (χ4v) is 4.85. The molecule has 7 nitrogen and oxygen atoms in total. The largest absolute Gasteiger partial charge is 0.325 e. The smallest absolute Gasteiger partial charge is 0.228 e. The van der Waals surface area contributed by atoms with Gasteiger partial charge in [-0.1, -0.05) is 36.4 Å². The molecular formula is C21H20N2O5S. The normalized spacial score (nSPS) is 19.4. The highest BCUT2D eigenvalue weighted by Gasteiger charge is 2.34. The second-order valence-corrected chi connectivity index (χ2v) is 9.36. The molecule has 1 saturated heterocycles. The summed E-state index contributed by atoms with van der Waals surface area (Å²) in [4.78, 5) is 38.7. The molecule has 150 valence electrons. The van der Waals surface area contributed by atoms with E-state index in [1.807, 2.05) is 0 Å². The van der Waals surface area contributed by atoms with E-state index in [2.05, 4.69) is 5.32 Å². The summed E-state index contributed by atoms with van der Waals surface area (Å²) < 4.78 is 24.9. The van der Waals surface area contributed by atoms with Crippen LogP contribution in [-0.2, 0) is 14.8 Å². The first kappa shape index (κ1) is 19.5. The molecule has 0 saturated carbocycles. The number of amides is 1. The highest BCUT2D eigenvalue weighted by molar-refractivity contribution is 7.88. The number of carbonyl (C=O) groups is 3. The van der Waals surface area contributed by atoms with Crippen LogP contribution < -0.4 is 5.32 Å². The minimum absolute atomic E-state index is 0.107. The van der Waals surface area contributed by atoms with Crippen LogP contribution in [0.25, 0.3) is 0 Å². The Morgan fingerprint density at radius 3 is 2.34 bits per heavy atom. The summed E-state index contributed by atoms with van der Waals surface area (Å²) in [7, 11) is -3.37. The van der Waals surface area contributed by atoms with Crippen molar-refractivity contribution in [3.05, 3.63) is 64.7 Å². The summed E-state index contributed by atoms with van der Waals surface area (Å²) in [6, 6.07) is 11.4. The molecule has 29 heavy (non-hydrogen) atoms. The van der Waals surface area contributed by atoms with Gasteiger partial charge in [-0.2, -0.15) is 0 Å². The summed E-state index contributed by atoms with van der Waals surface area (Å²) in [5.41, 5.74) is 1.38. The van der Waals surface area contributed by atoms with Crippen LogP contribution >= 0.6 is 0 Å². The third kappa shape index (κ3) is 3.49. The fourth-order valence-electron chi connectivity index (χ4n) is 3.94. The van der Waals surface area contributed by atoms with Gasteiger partial charge in [0.1, 0.15) is 0 Å². The average molecular weight is 412 g/mol. The monoisotopic (exact) mass is 412 g/mol. The molecule has 1 fully saturated rings. The first-order valence-electron chi connectivity index (χ1n) is 9.35. The highest BCUT2D eigenvalue weighted by atomic mass is 32.2. The molecular weight excluding hydrogens is 392 g/mol. The Balaban J connectivity index is 1.64. The molecule has 1 heterocycles. The minimum Gasteiger partial charge on any atom is -0.325 e. The van der Waals surface area contributed by atoms with Gasteiger partial charge in [-0.15, -0.1) is 0 Å². The van der Waals surface area contributed by atoms with Gasteiger partial charge in [-0.05, 0) is 18.9 Å². The molecule has 1 amide bonds. The van der Waals surface area contributed by atoms with Crippen LogP contribution in [0.4, 0.5) is 5.69 Å². The highest BCUT2D eigenvalue weighted by Crippen LogP contribution is 2.32. The lowest BCUT2D eigenvalue weighted by Gasteiger charge is -2.30. The van der Waals surface area contributed by atoms with E-state index in [0.717, 1.165) is 6.26 Å². The maximum absolute atomic E-state index is 13.0. The van der Waals surface area contributed by atoms with E-state index in [9.17, 15) is 22.8 Å². The minimum atomic E-state index is -3.37. The second-order valence-electron chi connectivity index (χ2n) is 7.38. The van der Waals surface area contributed by atoms with Crippen molar-refractivity contribution < 1.29 is 22.8 Å². The number of fused-ring (bicyclic) bond motifs is 2. The van der Waals surface area contributed by atoms with Crippen LogP contribution in [0.2, 0.25) is 0 Å². The van der Waals surface area contributed by atoms with Crippen molar-refractivity contribution in [3.63, 3.8) is 0 Å². The standard InChI is InChI=1S/C21H20N2O5S/c1-29(27,28)23-11-5-6-13(12-23)21(26)22-17-10-4-9-16-18(17)20(25)15-8-3-2-7-14(15)19(16)24/h2-4,7-10,13H,5-6,11-12H2,1H3,(H,22,26)/t13-/m1/s1. The Hall–Kier alpha value is -2.84. The van der Waals surface area contributed by atoms with E-state index in [1.54, 1.807) is 42.5 Å². The van der Waals surface area contributed by atoms with Gasteiger partial charge in [-0.25, -0.2) is 12.7 Å². The maximum atomic E-state index is 13.0. The lowest BCUT2D eigenvalue weighted by molar-refractivity contribution is -0.120. The van der Waals surface area contributed by atoms with Crippen LogP contribution in [0.5, 0.6) is 0 Å². The molecule has 0 spiro atoms. The maximum Gasteiger partial charge on any atom is 0.228 e. The summed E-state index contributed by atoms with van der Waals surface area (Å²) in [6.07, 6.45) is 2.27. The zero-order chi connectivity index (χ0) is 20.8. The second kappa shape index (κ2) is 7.20. The number of hydrogen-bond acceptors (Lipinski definition) is 5. The van der Waals surface area contributed by atoms with Crippen LogP contribution in [0.15, 0.2) is 42.5 Å². The Bertz CT molecular complexity index is 1140. The molecule has 0 aromatic heterocycles. The van der Waals surface area contributed by atoms with Gasteiger partial charge in [0.05, 0.1) is 23.4 Å². The Morgan fingerprint density at radius 2 is 1.66 bits per heavy atom. The van der Waals surface area contributed by atoms with Crippen molar-refractivity contribution in [2.75, 3.05) is 24.7 Å². The number of anilines is 1. The molecule has 2 aromatic carbocycles. The number of benzene rings is 2. The van der Waals surface area contributed by atoms with E-state index >= 15 is 0 Å². The van der Waals surface area contributed by atoms with Gasteiger partial charge < -0.3 is 5.32 Å². The van der Waals surface area contributed by atoms with E-state index in [0.29, 0.717) is 30.5 Å². The summed E-state index contributed by atoms with van der Waals surface area (Å²) in [5.74, 6) is -1.44. The van der Waals surface area contributed by atoms with Gasteiger partial charge in [0.2, 0.25) is 15.9 Å². The topological polar surface area (TPSA) is 101 Å². The van der Waals surface area contributed by atoms with Crippen molar-refractivity contribution in [1.82, 2.24) is 4.31 Å². The zero-order valence-corrected chi connectivity index (χ0v) is 16.7. The number of sulfonamides is 1. The zero-order valence-electron chi connectivity index (χ0n) is 15.8. The van der Waals surface area contributed by atoms with Crippen molar-refractivity contribution in [3.8, 4) is 0 Å². The van der Waals surface area contributed by atoms with E-state index < -0.39 is 15.9 Å². The third-order valence-corrected chi connectivity index (χ3v) is 6.70. The lowest BCUT2D eigenvalue weighted by Crippen LogP contribution is -2.43. The molecule has 1 atom stereocenters. The number of carbonyl (C=O) groups excluding carboxylic acids is 3. The number of rotatable bonds is 3. The number of nitrogens with one attached hydrogen (secondary N) is 1. The van der Waals surface area contributed by atoms with E-state index in [1.165, 1.54) is 4.31 Å². The Kier molecular flexibility index (Phi) is 4.84. The molecule has 2 aliphatic rings. The molecule has 0 radical (unpaired) electrons. The quantitative estimate of drug-likeness (QED) is 0.710. The van der Waals surface area contributed by atoms with Gasteiger partial charge in [0.15, 0.2) is 11.6 Å². The Labute approximate surface area is 168 Å². The molecule has 2 aromatic rings. The van der Waals surface area contributed by atoms with E-state index in [-0.39, 0.29) is 40.8 Å². The predicted octanol–water partition coefficient (Wildman–Crippen LogP) is 2.07. The molecule has 1 N–H and O–H groups in total. The number of ketones is 2. The van der Waals surface area contributed by atoms with Crippen molar-refractivity contribution >= 4 is 33.2 Å². The Morgan fingerprint density at radius 1 is 1.00 bits per heavy atom. The van der Waals surface area contributed by atoms with Crippen LogP contribution in [0, 0.1) is 5.92 Å². The SMILES string of the molecule is CS(=O)(=O)N1CCC[C@@H](C(=O)Nc2cccc3c2C(=O)c2ccccc2C3=O)C1. The van der Waals surface area contributed by atoms with Gasteiger partial charge in [0.25, 0.3) is 0 Å². The summed E-state index contributed by atoms with van der Waals surface area (Å²) in [6.45, 7) is 0.503. The molecule has 1 aliphatic carbocycles. The average Bonchev–Trinajstić information content (AvgIpc) is 2.71. The number of nitrogens with zero attached hydrogens (tertiary/aromatic N) is 1. The third-order valence-electron chi connectivity index (χ3n) is 5.43. The molecule has 8 heteroatoms. The first-order chi connectivity index (χ1) is 13.8. The van der Waals surface area contributed by atoms with Crippen molar-refractivity contribution in [2.45, 2.75) is 12.8 Å². The molecule has 0 bridgehead atoms. The van der Waals surface area contributed by atoms with Crippen LogP contribution in [0.1, 0.15) is 44.7 Å². The van der Waals surface area contributed by atoms with E-state index in [4.69, 9.17) is 0 Å². The van der Waals surface area contributed by atoms with Crippen LogP contribution in [-0.4, -0.2) is 49.5 Å². The van der Waals surface area contributed by atoms with Crippen molar-refractivity contribution in [1.29, 1.82) is 0 Å². The van der Waals surface area contributed by atoms with Gasteiger partial charge in [0, 0.05) is 29.8 Å². The molecule has 4 rings (SSSR count).